The summed E-state index contributed by atoms with van der Waals surface area (Å²) >= 11 is 0. The van der Waals surface area contributed by atoms with Gasteiger partial charge in [-0.3, -0.25) is 9.36 Å². The third-order valence-electron chi connectivity index (χ3n) is 4.64. The molecular weight excluding hydrogens is 334 g/mol. The number of pyridine rings is 1. The van der Waals surface area contributed by atoms with Crippen molar-refractivity contribution in [3.63, 3.8) is 0 Å². The van der Waals surface area contributed by atoms with E-state index in [9.17, 15) is 4.79 Å². The molecule has 3 heterocycles. The van der Waals surface area contributed by atoms with Crippen molar-refractivity contribution in [3.05, 3.63) is 41.4 Å². The second-order valence-electron chi connectivity index (χ2n) is 7.36. The number of fused-ring (bicyclic) bond motifs is 4. The summed E-state index contributed by atoms with van der Waals surface area (Å²) in [6, 6.07) is 3.71. The fourth-order valence-electron chi connectivity index (χ4n) is 3.35. The van der Waals surface area contributed by atoms with Crippen LogP contribution in [0.1, 0.15) is 6.42 Å². The lowest BCUT2D eigenvalue weighted by Crippen LogP contribution is -2.37. The first kappa shape index (κ1) is 16.0. The van der Waals surface area contributed by atoms with E-state index in [1.54, 1.807) is 10.6 Å². The van der Waals surface area contributed by atoms with Gasteiger partial charge in [-0.15, -0.1) is 6.58 Å². The molecule has 130 valence electrons. The first-order valence-electron chi connectivity index (χ1n) is 8.40. The van der Waals surface area contributed by atoms with Crippen LogP contribution < -0.4 is 20.2 Å². The highest BCUT2D eigenvalue weighted by Crippen LogP contribution is 2.37. The molecule has 0 unspecified atom stereocenters. The monoisotopic (exact) mass is 355 g/mol. The van der Waals surface area contributed by atoms with Gasteiger partial charge in [0.15, 0.2) is 11.5 Å². The van der Waals surface area contributed by atoms with Crippen LogP contribution in [0.2, 0.25) is 19.6 Å². The van der Waals surface area contributed by atoms with Crippen molar-refractivity contribution in [1.29, 1.82) is 0 Å². The summed E-state index contributed by atoms with van der Waals surface area (Å²) in [5.74, 6) is 1.30. The largest absolute Gasteiger partial charge is 0.454 e. The zero-order valence-electron chi connectivity index (χ0n) is 14.7. The summed E-state index contributed by atoms with van der Waals surface area (Å²) in [7, 11) is -1.66. The predicted molar refractivity (Wildman–Crippen MR) is 102 cm³/mol. The summed E-state index contributed by atoms with van der Waals surface area (Å²) in [5.41, 5.74) is 0.565. The van der Waals surface area contributed by atoms with Gasteiger partial charge >= 0.3 is 0 Å². The Labute approximate surface area is 146 Å². The number of ether oxygens (including phenoxy) is 2. The molecule has 0 fully saturated rings. The Morgan fingerprint density at radius 2 is 1.88 bits per heavy atom. The van der Waals surface area contributed by atoms with Gasteiger partial charge in [0.05, 0.1) is 19.7 Å². The summed E-state index contributed by atoms with van der Waals surface area (Å²) in [4.78, 5) is 13.1. The van der Waals surface area contributed by atoms with Gasteiger partial charge in [0.1, 0.15) is 0 Å². The zero-order valence-corrected chi connectivity index (χ0v) is 15.7. The molecule has 0 saturated carbocycles. The van der Waals surface area contributed by atoms with Gasteiger partial charge in [0, 0.05) is 17.3 Å². The molecule has 5 nitrogen and oxygen atoms in total. The van der Waals surface area contributed by atoms with Crippen molar-refractivity contribution in [2.45, 2.75) is 32.6 Å². The van der Waals surface area contributed by atoms with Crippen molar-refractivity contribution in [2.75, 3.05) is 6.79 Å². The average Bonchev–Trinajstić information content (AvgIpc) is 3.19. The molecule has 1 aliphatic heterocycles. The van der Waals surface area contributed by atoms with Crippen LogP contribution in [0.15, 0.2) is 40.3 Å². The minimum absolute atomic E-state index is 0.0703. The maximum atomic E-state index is 13.1. The fourth-order valence-corrected chi connectivity index (χ4v) is 4.75. The molecule has 0 atom stereocenters. The normalized spacial score (nSPS) is 13.7. The van der Waals surface area contributed by atoms with E-state index >= 15 is 0 Å². The van der Waals surface area contributed by atoms with Crippen molar-refractivity contribution >= 4 is 35.1 Å². The van der Waals surface area contributed by atoms with Gasteiger partial charge in [0.25, 0.3) is 5.56 Å². The molecular formula is C19H21NO4Si. The van der Waals surface area contributed by atoms with Crippen LogP contribution in [-0.2, 0) is 6.54 Å². The Morgan fingerprint density at radius 1 is 1.20 bits per heavy atom. The standard InChI is InChI=1S/C19H21NO4Si/c1-5-6-7-20-18(21)13-9-15-14(23-11-24-15)8-12(13)17-16(25(2,3)4)10-22-19(17)20/h5,8-10H,1,6-7,11H2,2-4H3. The molecule has 4 rings (SSSR count). The van der Waals surface area contributed by atoms with E-state index < -0.39 is 8.07 Å². The smallest absolute Gasteiger partial charge is 0.261 e. The number of hydrogen-bond donors (Lipinski definition) is 0. The Bertz CT molecular complexity index is 1060. The maximum absolute atomic E-state index is 13.1. The molecule has 6 heteroatoms. The summed E-state index contributed by atoms with van der Waals surface area (Å²) in [6.45, 7) is 11.3. The van der Waals surface area contributed by atoms with Crippen LogP contribution in [-0.4, -0.2) is 19.4 Å². The Balaban J connectivity index is 2.17. The number of rotatable bonds is 4. The lowest BCUT2D eigenvalue weighted by molar-refractivity contribution is 0.174. The van der Waals surface area contributed by atoms with E-state index in [1.807, 2.05) is 18.4 Å². The molecule has 0 bridgehead atoms. The first-order valence-corrected chi connectivity index (χ1v) is 11.9. The molecule has 25 heavy (non-hydrogen) atoms. The fraction of sp³-hybridized carbons (Fsp3) is 0.316. The van der Waals surface area contributed by atoms with Crippen molar-refractivity contribution < 1.29 is 13.9 Å². The van der Waals surface area contributed by atoms with E-state index in [0.717, 1.165) is 10.8 Å². The minimum Gasteiger partial charge on any atom is -0.454 e. The summed E-state index contributed by atoms with van der Waals surface area (Å²) in [6.07, 6.45) is 4.34. The number of hydrogen-bond acceptors (Lipinski definition) is 4. The highest BCUT2D eigenvalue weighted by Gasteiger charge is 2.27. The average molecular weight is 355 g/mol. The lowest BCUT2D eigenvalue weighted by Gasteiger charge is -2.16. The molecule has 0 amide bonds. The molecule has 0 saturated heterocycles. The molecule has 0 aliphatic carbocycles. The van der Waals surface area contributed by atoms with E-state index in [-0.39, 0.29) is 12.4 Å². The maximum Gasteiger partial charge on any atom is 0.261 e. The second kappa shape index (κ2) is 5.52. The van der Waals surface area contributed by atoms with Crippen LogP contribution in [0, 0.1) is 0 Å². The van der Waals surface area contributed by atoms with Crippen molar-refractivity contribution in [1.82, 2.24) is 4.57 Å². The SMILES string of the molecule is C=CCCn1c(=O)c2cc3c(cc2c2c([Si](C)(C)C)coc21)OCO3. The van der Waals surface area contributed by atoms with Crippen LogP contribution in [0.5, 0.6) is 11.5 Å². The molecule has 1 aliphatic rings. The second-order valence-corrected chi connectivity index (χ2v) is 12.4. The molecule has 0 spiro atoms. The number of allylic oxidation sites excluding steroid dienone is 1. The van der Waals surface area contributed by atoms with E-state index in [2.05, 4.69) is 26.2 Å². The summed E-state index contributed by atoms with van der Waals surface area (Å²) in [5, 5.41) is 3.75. The minimum atomic E-state index is -1.66. The van der Waals surface area contributed by atoms with Gasteiger partial charge in [-0.2, -0.15) is 0 Å². The molecule has 1 aromatic carbocycles. The lowest BCUT2D eigenvalue weighted by atomic mass is 10.1. The van der Waals surface area contributed by atoms with Crippen molar-refractivity contribution in [3.8, 4) is 11.5 Å². The van der Waals surface area contributed by atoms with Crippen LogP contribution in [0.4, 0.5) is 0 Å². The topological polar surface area (TPSA) is 53.6 Å². The highest BCUT2D eigenvalue weighted by atomic mass is 28.3. The zero-order chi connectivity index (χ0) is 17.8. The number of furan rings is 1. The Kier molecular flexibility index (Phi) is 3.54. The van der Waals surface area contributed by atoms with Gasteiger partial charge < -0.3 is 13.9 Å². The van der Waals surface area contributed by atoms with E-state index in [0.29, 0.717) is 35.6 Å². The number of aromatic nitrogens is 1. The molecule has 0 N–H and O–H groups in total. The molecule has 3 aromatic rings. The van der Waals surface area contributed by atoms with Gasteiger partial charge in [-0.25, -0.2) is 0 Å². The van der Waals surface area contributed by atoms with Gasteiger partial charge in [-0.1, -0.05) is 25.7 Å². The van der Waals surface area contributed by atoms with Gasteiger partial charge in [-0.05, 0) is 23.7 Å². The molecule has 2 aromatic heterocycles. The van der Waals surface area contributed by atoms with Crippen LogP contribution in [0.3, 0.4) is 0 Å². The Hall–Kier alpha value is -2.47. The third kappa shape index (κ3) is 2.40. The predicted octanol–water partition coefficient (Wildman–Crippen LogP) is 3.60. The van der Waals surface area contributed by atoms with E-state index in [1.165, 1.54) is 5.19 Å². The van der Waals surface area contributed by atoms with Crippen LogP contribution >= 0.6 is 0 Å². The molecule has 0 radical (unpaired) electrons. The Morgan fingerprint density at radius 3 is 2.52 bits per heavy atom. The van der Waals surface area contributed by atoms with Gasteiger partial charge in [0.2, 0.25) is 12.5 Å². The van der Waals surface area contributed by atoms with E-state index in [4.69, 9.17) is 13.9 Å². The highest BCUT2D eigenvalue weighted by molar-refractivity contribution is 6.90. The quantitative estimate of drug-likeness (QED) is 0.530. The third-order valence-corrected chi connectivity index (χ3v) is 6.62. The summed E-state index contributed by atoms with van der Waals surface area (Å²) < 4.78 is 18.6. The van der Waals surface area contributed by atoms with Crippen LogP contribution in [0.25, 0.3) is 21.9 Å². The number of nitrogens with zero attached hydrogens (tertiary/aromatic N) is 1. The number of benzene rings is 1. The van der Waals surface area contributed by atoms with Crippen molar-refractivity contribution in [2.24, 2.45) is 0 Å². The number of aryl methyl sites for hydroxylation is 1. The first-order chi connectivity index (χ1) is 11.9.